The molecule has 2 N–H and O–H groups in total. The quantitative estimate of drug-likeness (QED) is 0.590. The average Bonchev–Trinajstić information content (AvgIpc) is 2.67. The van der Waals surface area contributed by atoms with Crippen LogP contribution in [-0.4, -0.2) is 41.9 Å². The molecule has 1 amide bonds. The fraction of sp³-hybridized carbons (Fsp3) is 0.615. The van der Waals surface area contributed by atoms with Crippen LogP contribution < -0.4 is 5.32 Å². The first kappa shape index (κ1) is 14.5. The van der Waals surface area contributed by atoms with Crippen LogP contribution in [0.4, 0.5) is 0 Å². The second-order valence-electron chi connectivity index (χ2n) is 4.70. The lowest BCUT2D eigenvalue weighted by Gasteiger charge is -2.04. The summed E-state index contributed by atoms with van der Waals surface area (Å²) in [6, 6.07) is 0. The van der Waals surface area contributed by atoms with E-state index < -0.39 is 5.97 Å². The third kappa shape index (κ3) is 3.80. The van der Waals surface area contributed by atoms with Crippen LogP contribution in [0.25, 0.3) is 0 Å². The van der Waals surface area contributed by atoms with Crippen molar-refractivity contribution in [1.29, 1.82) is 0 Å². The zero-order chi connectivity index (χ0) is 14.4. The Morgan fingerprint density at radius 3 is 2.90 bits per heavy atom. The zero-order valence-electron chi connectivity index (χ0n) is 11.2. The van der Waals surface area contributed by atoms with Gasteiger partial charge in [-0.25, -0.2) is 4.79 Å². The van der Waals surface area contributed by atoms with Crippen LogP contribution in [0.15, 0.2) is 4.52 Å². The first-order valence-electron chi connectivity index (χ1n) is 6.73. The number of nitrogens with zero attached hydrogens (tertiary/aromatic N) is 1. The Morgan fingerprint density at radius 2 is 2.10 bits per heavy atom. The highest BCUT2D eigenvalue weighted by atomic mass is 16.5. The Bertz CT molecular complexity index is 483. The molecule has 1 aromatic rings. The molecular formula is C13H18N2O5. The molecule has 110 valence electrons. The van der Waals surface area contributed by atoms with Crippen molar-refractivity contribution in [3.8, 4) is 0 Å². The zero-order valence-corrected chi connectivity index (χ0v) is 11.2. The molecule has 1 aliphatic rings. The number of nitrogens with one attached hydrogen (secondary N) is 1. The summed E-state index contributed by atoms with van der Waals surface area (Å²) < 4.78 is 10.1. The van der Waals surface area contributed by atoms with Gasteiger partial charge in [-0.05, 0) is 19.3 Å². The molecule has 2 rings (SSSR count). The van der Waals surface area contributed by atoms with Crippen LogP contribution in [0, 0.1) is 0 Å². The Balaban J connectivity index is 1.83. The van der Waals surface area contributed by atoms with E-state index in [-0.39, 0.29) is 25.7 Å². The first-order valence-corrected chi connectivity index (χ1v) is 6.73. The number of hydrogen-bond donors (Lipinski definition) is 2. The van der Waals surface area contributed by atoms with Crippen molar-refractivity contribution >= 4 is 11.9 Å². The van der Waals surface area contributed by atoms with Crippen LogP contribution in [0.2, 0.25) is 0 Å². The van der Waals surface area contributed by atoms with Gasteiger partial charge in [-0.3, -0.25) is 4.79 Å². The number of aromatic nitrogens is 1. The summed E-state index contributed by atoms with van der Waals surface area (Å²) in [4.78, 5) is 22.2. The third-order valence-electron chi connectivity index (χ3n) is 3.17. The van der Waals surface area contributed by atoms with E-state index in [0.29, 0.717) is 5.69 Å². The summed E-state index contributed by atoms with van der Waals surface area (Å²) in [7, 11) is 0. The maximum atomic E-state index is 12.0. The van der Waals surface area contributed by atoms with Crippen LogP contribution in [-0.2, 0) is 22.4 Å². The number of carbonyl (C=O) groups excluding carboxylic acids is 1. The number of aryl methyl sites for hydroxylation is 1. The standard InChI is InChI=1S/C13H18N2O5/c16-11(17)8-19-7-6-14-13(18)12-9-4-2-1-3-5-10(9)20-15-12/h1-8H2,(H,14,18)(H,16,17). The van der Waals surface area contributed by atoms with Gasteiger partial charge in [0.15, 0.2) is 5.69 Å². The largest absolute Gasteiger partial charge is 0.480 e. The van der Waals surface area contributed by atoms with Gasteiger partial charge in [0.25, 0.3) is 5.91 Å². The third-order valence-corrected chi connectivity index (χ3v) is 3.17. The van der Waals surface area contributed by atoms with Crippen molar-refractivity contribution < 1.29 is 24.0 Å². The van der Waals surface area contributed by atoms with Crippen LogP contribution in [0.1, 0.15) is 41.1 Å². The predicted molar refractivity (Wildman–Crippen MR) is 68.6 cm³/mol. The Kier molecular flexibility index (Phi) is 5.11. The van der Waals surface area contributed by atoms with Gasteiger partial charge in [-0.1, -0.05) is 11.6 Å². The average molecular weight is 282 g/mol. The molecule has 0 aliphatic heterocycles. The molecule has 7 heteroatoms. The topological polar surface area (TPSA) is 102 Å². The molecule has 0 radical (unpaired) electrons. The van der Waals surface area contributed by atoms with E-state index in [1.54, 1.807) is 0 Å². The number of carbonyl (C=O) groups is 2. The number of hydrogen-bond acceptors (Lipinski definition) is 5. The van der Waals surface area contributed by atoms with Gasteiger partial charge in [-0.2, -0.15) is 0 Å². The Hall–Kier alpha value is -1.89. The molecule has 0 fully saturated rings. The van der Waals surface area contributed by atoms with Gasteiger partial charge in [0.1, 0.15) is 12.4 Å². The minimum absolute atomic E-state index is 0.151. The summed E-state index contributed by atoms with van der Waals surface area (Å²) in [5.41, 5.74) is 1.26. The lowest BCUT2D eigenvalue weighted by Crippen LogP contribution is -2.29. The monoisotopic (exact) mass is 282 g/mol. The Labute approximate surface area is 116 Å². The Morgan fingerprint density at radius 1 is 1.30 bits per heavy atom. The van der Waals surface area contributed by atoms with Crippen molar-refractivity contribution in [2.75, 3.05) is 19.8 Å². The number of rotatable bonds is 6. The summed E-state index contributed by atoms with van der Waals surface area (Å²) in [5.74, 6) is -0.510. The molecule has 0 atom stereocenters. The maximum Gasteiger partial charge on any atom is 0.329 e. The van der Waals surface area contributed by atoms with Crippen LogP contribution in [0.5, 0.6) is 0 Å². The number of ether oxygens (including phenoxy) is 1. The molecule has 0 unspecified atom stereocenters. The molecule has 7 nitrogen and oxygen atoms in total. The normalized spacial score (nSPS) is 14.4. The summed E-state index contributed by atoms with van der Waals surface area (Å²) >= 11 is 0. The molecule has 0 saturated heterocycles. The van der Waals surface area contributed by atoms with Crippen molar-refractivity contribution in [1.82, 2.24) is 10.5 Å². The number of carboxylic acid groups (broad SMARTS) is 1. The van der Waals surface area contributed by atoms with E-state index in [0.717, 1.165) is 43.4 Å². The molecule has 20 heavy (non-hydrogen) atoms. The van der Waals surface area contributed by atoms with Crippen LogP contribution in [0.3, 0.4) is 0 Å². The number of amides is 1. The molecule has 0 aromatic carbocycles. The minimum atomic E-state index is -1.03. The highest BCUT2D eigenvalue weighted by Crippen LogP contribution is 2.23. The van der Waals surface area contributed by atoms with Gasteiger partial charge in [0.2, 0.25) is 0 Å². The van der Waals surface area contributed by atoms with E-state index in [1.807, 2.05) is 0 Å². The molecular weight excluding hydrogens is 264 g/mol. The van der Waals surface area contributed by atoms with Gasteiger partial charge < -0.3 is 19.7 Å². The highest BCUT2D eigenvalue weighted by molar-refractivity contribution is 5.93. The maximum absolute atomic E-state index is 12.0. The van der Waals surface area contributed by atoms with Crippen molar-refractivity contribution in [2.45, 2.75) is 32.1 Å². The smallest absolute Gasteiger partial charge is 0.329 e. The van der Waals surface area contributed by atoms with Gasteiger partial charge >= 0.3 is 5.97 Å². The summed E-state index contributed by atoms with van der Waals surface area (Å²) in [5, 5.41) is 14.9. The summed E-state index contributed by atoms with van der Waals surface area (Å²) in [6.45, 7) is 0.0288. The van der Waals surface area contributed by atoms with E-state index in [4.69, 9.17) is 14.4 Å². The van der Waals surface area contributed by atoms with E-state index in [9.17, 15) is 9.59 Å². The molecule has 1 heterocycles. The fourth-order valence-electron chi connectivity index (χ4n) is 2.22. The highest BCUT2D eigenvalue weighted by Gasteiger charge is 2.22. The molecule has 0 spiro atoms. The number of carboxylic acids is 1. The molecule has 0 bridgehead atoms. The SMILES string of the molecule is O=C(O)COCCNC(=O)c1noc2c1CCCCC2. The van der Waals surface area contributed by atoms with Crippen molar-refractivity contribution in [3.05, 3.63) is 17.0 Å². The lowest BCUT2D eigenvalue weighted by molar-refractivity contribution is -0.142. The van der Waals surface area contributed by atoms with E-state index >= 15 is 0 Å². The second-order valence-corrected chi connectivity index (χ2v) is 4.70. The second kappa shape index (κ2) is 7.04. The molecule has 1 aliphatic carbocycles. The summed E-state index contributed by atoms with van der Waals surface area (Å²) in [6.07, 6.45) is 4.88. The van der Waals surface area contributed by atoms with Gasteiger partial charge in [-0.15, -0.1) is 0 Å². The number of fused-ring (bicyclic) bond motifs is 1. The van der Waals surface area contributed by atoms with Gasteiger partial charge in [0.05, 0.1) is 6.61 Å². The minimum Gasteiger partial charge on any atom is -0.480 e. The van der Waals surface area contributed by atoms with Crippen LogP contribution >= 0.6 is 0 Å². The molecule has 1 aromatic heterocycles. The lowest BCUT2D eigenvalue weighted by atomic mass is 10.1. The fourth-order valence-corrected chi connectivity index (χ4v) is 2.22. The van der Waals surface area contributed by atoms with E-state index in [1.165, 1.54) is 0 Å². The predicted octanol–water partition coefficient (Wildman–Crippen LogP) is 0.774. The molecule has 0 saturated carbocycles. The van der Waals surface area contributed by atoms with Crippen molar-refractivity contribution in [3.63, 3.8) is 0 Å². The van der Waals surface area contributed by atoms with E-state index in [2.05, 4.69) is 10.5 Å². The number of aliphatic carboxylic acids is 1. The first-order chi connectivity index (χ1) is 9.68. The van der Waals surface area contributed by atoms with Crippen molar-refractivity contribution in [2.24, 2.45) is 0 Å². The van der Waals surface area contributed by atoms with Gasteiger partial charge in [0, 0.05) is 18.5 Å².